The van der Waals surface area contributed by atoms with E-state index in [0.717, 1.165) is 39.4 Å². The summed E-state index contributed by atoms with van der Waals surface area (Å²) in [6.07, 6.45) is 0. The van der Waals surface area contributed by atoms with E-state index < -0.39 is 6.04 Å². The lowest BCUT2D eigenvalue weighted by Crippen LogP contribution is -2.31. The second-order valence-electron chi connectivity index (χ2n) is 9.05. The van der Waals surface area contributed by atoms with Crippen LogP contribution in [0.2, 0.25) is 0 Å². The molecule has 3 aromatic carbocycles. The van der Waals surface area contributed by atoms with Crippen LogP contribution in [0.3, 0.4) is 0 Å². The fraction of sp³-hybridized carbons (Fsp3) is 0.207. The number of thioether (sulfide) groups is 1. The molecular formula is C29H29N5O2S. The van der Waals surface area contributed by atoms with Crippen LogP contribution >= 0.6 is 11.8 Å². The highest BCUT2D eigenvalue weighted by molar-refractivity contribution is 7.98. The van der Waals surface area contributed by atoms with Crippen LogP contribution in [0.1, 0.15) is 35.2 Å². The van der Waals surface area contributed by atoms with Crippen LogP contribution in [0.4, 0.5) is 11.6 Å². The van der Waals surface area contributed by atoms with Crippen LogP contribution < -0.4 is 15.4 Å². The second kappa shape index (κ2) is 10.5. The van der Waals surface area contributed by atoms with Crippen molar-refractivity contribution in [1.29, 1.82) is 0 Å². The van der Waals surface area contributed by atoms with E-state index >= 15 is 0 Å². The second-order valence-corrected chi connectivity index (χ2v) is 9.99. The van der Waals surface area contributed by atoms with E-state index in [-0.39, 0.29) is 5.91 Å². The Morgan fingerprint density at radius 3 is 2.59 bits per heavy atom. The lowest BCUT2D eigenvalue weighted by molar-refractivity contribution is -0.113. The van der Waals surface area contributed by atoms with Gasteiger partial charge in [0.15, 0.2) is 0 Å². The predicted molar refractivity (Wildman–Crippen MR) is 148 cm³/mol. The maximum atomic E-state index is 13.7. The van der Waals surface area contributed by atoms with Crippen LogP contribution in [0, 0.1) is 13.8 Å². The number of hydrogen-bond acceptors (Lipinski definition) is 6. The minimum absolute atomic E-state index is 0.170. The van der Waals surface area contributed by atoms with Gasteiger partial charge in [-0.2, -0.15) is 4.98 Å². The lowest BCUT2D eigenvalue weighted by Gasteiger charge is -2.29. The number of rotatable bonds is 7. The highest BCUT2D eigenvalue weighted by Crippen LogP contribution is 2.37. The van der Waals surface area contributed by atoms with Gasteiger partial charge < -0.3 is 15.4 Å². The number of anilines is 2. The summed E-state index contributed by atoms with van der Waals surface area (Å²) < 4.78 is 7.16. The number of ether oxygens (including phenoxy) is 1. The number of hydrogen-bond donors (Lipinski definition) is 2. The third-order valence-corrected chi connectivity index (χ3v) is 7.28. The molecule has 0 saturated carbocycles. The normalized spacial score (nSPS) is 14.6. The summed E-state index contributed by atoms with van der Waals surface area (Å²) in [6.45, 7) is 5.94. The minimum Gasteiger partial charge on any atom is -0.497 e. The molecule has 188 valence electrons. The van der Waals surface area contributed by atoms with Crippen molar-refractivity contribution < 1.29 is 9.53 Å². The summed E-state index contributed by atoms with van der Waals surface area (Å²) >= 11 is 1.54. The van der Waals surface area contributed by atoms with Crippen LogP contribution in [0.25, 0.3) is 0 Å². The Morgan fingerprint density at radius 2 is 1.84 bits per heavy atom. The number of benzene rings is 3. The predicted octanol–water partition coefficient (Wildman–Crippen LogP) is 6.12. The number of carbonyl (C=O) groups excluding carboxylic acids is 1. The van der Waals surface area contributed by atoms with Gasteiger partial charge in [-0.3, -0.25) is 4.79 Å². The van der Waals surface area contributed by atoms with Gasteiger partial charge in [-0.05, 0) is 55.7 Å². The molecule has 0 fully saturated rings. The number of methoxy groups -OCH3 is 1. The van der Waals surface area contributed by atoms with Gasteiger partial charge >= 0.3 is 0 Å². The average molecular weight is 512 g/mol. The van der Waals surface area contributed by atoms with Gasteiger partial charge in [0, 0.05) is 17.1 Å². The molecule has 1 atom stereocenters. The first-order chi connectivity index (χ1) is 17.9. The minimum atomic E-state index is -0.417. The molecule has 1 aliphatic heterocycles. The number of amides is 1. The molecule has 0 aliphatic carbocycles. The molecule has 0 bridgehead atoms. The van der Waals surface area contributed by atoms with E-state index in [4.69, 9.17) is 14.8 Å². The molecule has 8 heteroatoms. The maximum Gasteiger partial charge on any atom is 0.255 e. The van der Waals surface area contributed by atoms with E-state index in [1.165, 1.54) is 0 Å². The molecule has 0 saturated heterocycles. The Morgan fingerprint density at radius 1 is 1.05 bits per heavy atom. The van der Waals surface area contributed by atoms with Crippen LogP contribution in [-0.4, -0.2) is 27.8 Å². The fourth-order valence-corrected chi connectivity index (χ4v) is 5.13. The van der Waals surface area contributed by atoms with Crippen molar-refractivity contribution in [3.8, 4) is 5.75 Å². The lowest BCUT2D eigenvalue weighted by atomic mass is 9.94. The van der Waals surface area contributed by atoms with Crippen molar-refractivity contribution >= 4 is 29.3 Å². The fourth-order valence-electron chi connectivity index (χ4n) is 4.36. The van der Waals surface area contributed by atoms with Crippen molar-refractivity contribution in [2.24, 2.45) is 0 Å². The SMILES string of the molecule is COc1cccc(CSc2nc3n(n2)C(c2ccc(C)cc2)C(C(=O)Nc2ccccc2C)=C(C)N3)c1. The number of allylic oxidation sites excluding steroid dienone is 1. The molecule has 1 aromatic heterocycles. The number of carbonyl (C=O) groups is 1. The molecule has 5 rings (SSSR count). The zero-order chi connectivity index (χ0) is 25.9. The zero-order valence-corrected chi connectivity index (χ0v) is 22.1. The van der Waals surface area contributed by atoms with Crippen LogP contribution in [-0.2, 0) is 10.5 Å². The van der Waals surface area contributed by atoms with Crippen molar-refractivity contribution in [1.82, 2.24) is 14.8 Å². The molecule has 1 amide bonds. The van der Waals surface area contributed by atoms with E-state index in [0.29, 0.717) is 22.4 Å². The summed E-state index contributed by atoms with van der Waals surface area (Å²) in [6, 6.07) is 23.5. The van der Waals surface area contributed by atoms with E-state index in [1.54, 1.807) is 18.9 Å². The van der Waals surface area contributed by atoms with Gasteiger partial charge in [0.25, 0.3) is 5.91 Å². The summed E-state index contributed by atoms with van der Waals surface area (Å²) in [4.78, 5) is 18.4. The molecule has 4 aromatic rings. The Labute approximate surface area is 221 Å². The van der Waals surface area contributed by atoms with Gasteiger partial charge in [-0.1, -0.05) is 71.9 Å². The van der Waals surface area contributed by atoms with Crippen molar-refractivity contribution in [3.63, 3.8) is 0 Å². The Bertz CT molecular complexity index is 1480. The van der Waals surface area contributed by atoms with Crippen molar-refractivity contribution in [2.45, 2.75) is 37.7 Å². The quantitative estimate of drug-likeness (QED) is 0.291. The van der Waals surface area contributed by atoms with E-state index in [2.05, 4.69) is 28.8 Å². The maximum absolute atomic E-state index is 13.7. The standard InChI is InChI=1S/C29H29N5O2S/c1-18-12-14-22(15-13-18)26-25(27(35)31-24-11-6-5-8-19(24)2)20(3)30-28-32-29(33-34(26)28)37-17-21-9-7-10-23(16-21)36-4/h5-16,26H,17H2,1-4H3,(H,31,35)(H,30,32,33). The van der Waals surface area contributed by atoms with Gasteiger partial charge in [-0.25, -0.2) is 4.68 Å². The smallest absolute Gasteiger partial charge is 0.255 e. The largest absolute Gasteiger partial charge is 0.497 e. The molecule has 1 unspecified atom stereocenters. The molecule has 2 N–H and O–H groups in total. The van der Waals surface area contributed by atoms with Crippen molar-refractivity contribution in [3.05, 3.63) is 106 Å². The van der Waals surface area contributed by atoms with Gasteiger partial charge in [0.05, 0.1) is 12.7 Å². The summed E-state index contributed by atoms with van der Waals surface area (Å²) in [5.74, 6) is 1.96. The zero-order valence-electron chi connectivity index (χ0n) is 21.3. The third kappa shape index (κ3) is 5.24. The first-order valence-electron chi connectivity index (χ1n) is 12.1. The molecule has 7 nitrogen and oxygen atoms in total. The van der Waals surface area contributed by atoms with E-state index in [9.17, 15) is 4.79 Å². The molecular weight excluding hydrogens is 482 g/mol. The Balaban J connectivity index is 1.48. The third-order valence-electron chi connectivity index (χ3n) is 6.37. The van der Waals surface area contributed by atoms with Crippen LogP contribution in [0.15, 0.2) is 89.2 Å². The summed E-state index contributed by atoms with van der Waals surface area (Å²) in [5, 5.41) is 11.9. The molecule has 37 heavy (non-hydrogen) atoms. The highest BCUT2D eigenvalue weighted by Gasteiger charge is 2.34. The summed E-state index contributed by atoms with van der Waals surface area (Å²) in [7, 11) is 1.66. The first-order valence-corrected chi connectivity index (χ1v) is 13.0. The molecule has 0 radical (unpaired) electrons. The Hall–Kier alpha value is -4.04. The van der Waals surface area contributed by atoms with Gasteiger partial charge in [-0.15, -0.1) is 5.10 Å². The highest BCUT2D eigenvalue weighted by atomic mass is 32.2. The first kappa shape index (κ1) is 24.6. The number of nitrogens with zero attached hydrogens (tertiary/aromatic N) is 3. The molecule has 0 spiro atoms. The topological polar surface area (TPSA) is 81.1 Å². The number of aryl methyl sites for hydroxylation is 2. The number of para-hydroxylation sites is 1. The number of nitrogens with one attached hydrogen (secondary N) is 2. The van der Waals surface area contributed by atoms with Gasteiger partial charge in [0.1, 0.15) is 11.8 Å². The number of aromatic nitrogens is 3. The van der Waals surface area contributed by atoms with Gasteiger partial charge in [0.2, 0.25) is 11.1 Å². The molecule has 1 aliphatic rings. The Kier molecular flexibility index (Phi) is 7.01. The van der Waals surface area contributed by atoms with Crippen LogP contribution in [0.5, 0.6) is 5.75 Å². The molecule has 2 heterocycles. The van der Waals surface area contributed by atoms with Crippen molar-refractivity contribution in [2.75, 3.05) is 17.7 Å². The number of fused-ring (bicyclic) bond motifs is 1. The summed E-state index contributed by atoms with van der Waals surface area (Å²) in [5.41, 5.74) is 6.38. The monoisotopic (exact) mass is 511 g/mol. The van der Waals surface area contributed by atoms with E-state index in [1.807, 2.05) is 80.1 Å². The average Bonchev–Trinajstić information content (AvgIpc) is 3.31.